The fourth-order valence-electron chi connectivity index (χ4n) is 1.72. The first-order chi connectivity index (χ1) is 9.22. The molecule has 0 saturated heterocycles. The highest BCUT2D eigenvalue weighted by Gasteiger charge is 2.06. The lowest BCUT2D eigenvalue weighted by molar-refractivity contribution is 0.293. The van der Waals surface area contributed by atoms with E-state index >= 15 is 0 Å². The van der Waals surface area contributed by atoms with Gasteiger partial charge < -0.3 is 4.74 Å². The second-order valence-electron chi connectivity index (χ2n) is 3.94. The van der Waals surface area contributed by atoms with Crippen molar-refractivity contribution in [1.82, 2.24) is 14.6 Å². The highest BCUT2D eigenvalue weighted by molar-refractivity contribution is 6.30. The molecule has 0 spiro atoms. The zero-order chi connectivity index (χ0) is 13.2. The predicted molar refractivity (Wildman–Crippen MR) is 68.7 cm³/mol. The number of fused-ring (bicyclic) bond motifs is 1. The van der Waals surface area contributed by atoms with Crippen LogP contribution in [0, 0.1) is 5.82 Å². The van der Waals surface area contributed by atoms with E-state index in [4.69, 9.17) is 16.3 Å². The van der Waals surface area contributed by atoms with Crippen LogP contribution in [0.2, 0.25) is 5.02 Å². The predicted octanol–water partition coefficient (Wildman–Crippen LogP) is 3.10. The first kappa shape index (κ1) is 11.9. The zero-order valence-corrected chi connectivity index (χ0v) is 10.5. The molecule has 0 bridgehead atoms. The van der Waals surface area contributed by atoms with Crippen LogP contribution >= 0.6 is 11.6 Å². The minimum Gasteiger partial charge on any atom is -0.485 e. The van der Waals surface area contributed by atoms with Crippen molar-refractivity contribution in [2.75, 3.05) is 0 Å². The van der Waals surface area contributed by atoms with E-state index in [1.54, 1.807) is 34.9 Å². The fourth-order valence-corrected chi connectivity index (χ4v) is 1.88. The van der Waals surface area contributed by atoms with E-state index in [0.29, 0.717) is 22.2 Å². The van der Waals surface area contributed by atoms with E-state index in [2.05, 4.69) is 10.2 Å². The Labute approximate surface area is 113 Å². The molecule has 96 valence electrons. The van der Waals surface area contributed by atoms with Gasteiger partial charge in [-0.1, -0.05) is 17.7 Å². The summed E-state index contributed by atoms with van der Waals surface area (Å²) >= 11 is 5.92. The summed E-state index contributed by atoms with van der Waals surface area (Å²) < 4.78 is 20.2. The average molecular weight is 278 g/mol. The molecule has 0 aliphatic rings. The summed E-state index contributed by atoms with van der Waals surface area (Å²) in [5.41, 5.74) is 0.683. The Hall–Kier alpha value is -2.14. The van der Waals surface area contributed by atoms with Crippen LogP contribution in [0.25, 0.3) is 5.65 Å². The second kappa shape index (κ2) is 4.85. The van der Waals surface area contributed by atoms with Crippen LogP contribution < -0.4 is 4.74 Å². The first-order valence-corrected chi connectivity index (χ1v) is 5.98. The third-order valence-corrected chi connectivity index (χ3v) is 2.82. The molecule has 0 aliphatic heterocycles. The molecule has 19 heavy (non-hydrogen) atoms. The smallest absolute Gasteiger partial charge is 0.175 e. The molecule has 1 aromatic carbocycles. The van der Waals surface area contributed by atoms with Gasteiger partial charge in [0.2, 0.25) is 0 Å². The third kappa shape index (κ3) is 2.51. The van der Waals surface area contributed by atoms with Gasteiger partial charge in [0.15, 0.2) is 11.5 Å². The fraction of sp³-hybridized carbons (Fsp3) is 0.0769. The first-order valence-electron chi connectivity index (χ1n) is 5.60. The van der Waals surface area contributed by atoms with Gasteiger partial charge in [-0.15, -0.1) is 10.2 Å². The number of hydrogen-bond acceptors (Lipinski definition) is 3. The number of pyridine rings is 1. The molecule has 0 radical (unpaired) electrons. The maximum atomic E-state index is 13.0. The summed E-state index contributed by atoms with van der Waals surface area (Å²) in [7, 11) is 0. The molecule has 0 unspecified atom stereocenters. The Kier molecular flexibility index (Phi) is 3.05. The van der Waals surface area contributed by atoms with E-state index < -0.39 is 0 Å². The van der Waals surface area contributed by atoms with Crippen LogP contribution in [0.1, 0.15) is 5.82 Å². The standard InChI is InChI=1S/C13H9ClFN3O/c14-9-4-5-12-16-17-13(18(12)7-9)8-19-11-3-1-2-10(15)6-11/h1-7H,8H2. The van der Waals surface area contributed by atoms with Crippen LogP contribution in [0.5, 0.6) is 5.75 Å². The lowest BCUT2D eigenvalue weighted by Crippen LogP contribution is -2.01. The van der Waals surface area contributed by atoms with Gasteiger partial charge in [-0.25, -0.2) is 4.39 Å². The number of halogens is 2. The summed E-state index contributed by atoms with van der Waals surface area (Å²) in [6, 6.07) is 9.45. The van der Waals surface area contributed by atoms with Gasteiger partial charge in [0, 0.05) is 12.3 Å². The van der Waals surface area contributed by atoms with Crippen LogP contribution in [0.4, 0.5) is 4.39 Å². The van der Waals surface area contributed by atoms with Crippen molar-refractivity contribution in [1.29, 1.82) is 0 Å². The molecule has 6 heteroatoms. The molecule has 0 fully saturated rings. The van der Waals surface area contributed by atoms with Crippen molar-refractivity contribution < 1.29 is 9.13 Å². The normalized spacial score (nSPS) is 10.8. The van der Waals surface area contributed by atoms with Crippen molar-refractivity contribution in [2.45, 2.75) is 6.61 Å². The Balaban J connectivity index is 1.84. The highest BCUT2D eigenvalue weighted by atomic mass is 35.5. The minimum atomic E-state index is -0.341. The summed E-state index contributed by atoms with van der Waals surface area (Å²) in [4.78, 5) is 0. The molecule has 0 aliphatic carbocycles. The largest absolute Gasteiger partial charge is 0.485 e. The van der Waals surface area contributed by atoms with Crippen LogP contribution in [-0.4, -0.2) is 14.6 Å². The molecule has 4 nitrogen and oxygen atoms in total. The monoisotopic (exact) mass is 277 g/mol. The maximum absolute atomic E-state index is 13.0. The number of rotatable bonds is 3. The molecule has 2 heterocycles. The van der Waals surface area contributed by atoms with Gasteiger partial charge in [0.25, 0.3) is 0 Å². The molecule has 3 rings (SSSR count). The molecular formula is C13H9ClFN3O. The van der Waals surface area contributed by atoms with Crippen molar-refractivity contribution in [3.05, 3.63) is 59.3 Å². The topological polar surface area (TPSA) is 39.4 Å². The van der Waals surface area contributed by atoms with Crippen molar-refractivity contribution in [3.8, 4) is 5.75 Å². The third-order valence-electron chi connectivity index (χ3n) is 2.60. The lowest BCUT2D eigenvalue weighted by Gasteiger charge is -2.05. The highest BCUT2D eigenvalue weighted by Crippen LogP contribution is 2.15. The molecule has 3 aromatic rings. The van der Waals surface area contributed by atoms with E-state index in [-0.39, 0.29) is 12.4 Å². The molecule has 0 amide bonds. The quantitative estimate of drug-likeness (QED) is 0.738. The van der Waals surface area contributed by atoms with E-state index in [1.165, 1.54) is 12.1 Å². The molecule has 2 aromatic heterocycles. The van der Waals surface area contributed by atoms with Gasteiger partial charge in [-0.05, 0) is 24.3 Å². The van der Waals surface area contributed by atoms with Crippen LogP contribution in [0.3, 0.4) is 0 Å². The number of ether oxygens (including phenoxy) is 1. The van der Waals surface area contributed by atoms with E-state index in [9.17, 15) is 4.39 Å². The van der Waals surface area contributed by atoms with Crippen molar-refractivity contribution >= 4 is 17.2 Å². The van der Waals surface area contributed by atoms with Crippen LogP contribution in [0.15, 0.2) is 42.6 Å². The second-order valence-corrected chi connectivity index (χ2v) is 4.37. The Morgan fingerprint density at radius 2 is 2.11 bits per heavy atom. The van der Waals surface area contributed by atoms with Crippen LogP contribution in [-0.2, 0) is 6.61 Å². The van der Waals surface area contributed by atoms with Crippen molar-refractivity contribution in [3.63, 3.8) is 0 Å². The average Bonchev–Trinajstić information content (AvgIpc) is 2.79. The summed E-state index contributed by atoms with van der Waals surface area (Å²) in [5, 5.41) is 8.58. The number of nitrogens with zero attached hydrogens (tertiary/aromatic N) is 3. The lowest BCUT2D eigenvalue weighted by atomic mass is 10.3. The molecular weight excluding hydrogens is 269 g/mol. The van der Waals surface area contributed by atoms with Gasteiger partial charge >= 0.3 is 0 Å². The van der Waals surface area contributed by atoms with Gasteiger partial charge in [0.1, 0.15) is 18.2 Å². The summed E-state index contributed by atoms with van der Waals surface area (Å²) in [5.74, 6) is 0.701. The Morgan fingerprint density at radius 3 is 2.95 bits per heavy atom. The van der Waals surface area contributed by atoms with E-state index in [1.807, 2.05) is 0 Å². The SMILES string of the molecule is Fc1cccc(OCc2nnc3ccc(Cl)cn23)c1. The Bertz CT molecular complexity index is 729. The molecule has 0 atom stereocenters. The minimum absolute atomic E-state index is 0.185. The number of hydrogen-bond donors (Lipinski definition) is 0. The zero-order valence-electron chi connectivity index (χ0n) is 9.75. The molecule has 0 saturated carbocycles. The number of benzene rings is 1. The van der Waals surface area contributed by atoms with Gasteiger partial charge in [0.05, 0.1) is 5.02 Å². The summed E-state index contributed by atoms with van der Waals surface area (Å²) in [6.45, 7) is 0.185. The van der Waals surface area contributed by atoms with Gasteiger partial charge in [-0.3, -0.25) is 4.40 Å². The Morgan fingerprint density at radius 1 is 1.21 bits per heavy atom. The van der Waals surface area contributed by atoms with E-state index in [0.717, 1.165) is 0 Å². The maximum Gasteiger partial charge on any atom is 0.175 e. The van der Waals surface area contributed by atoms with Crippen molar-refractivity contribution in [2.24, 2.45) is 0 Å². The number of aromatic nitrogens is 3. The summed E-state index contributed by atoms with van der Waals surface area (Å²) in [6.07, 6.45) is 1.71. The molecule has 0 N–H and O–H groups in total. The van der Waals surface area contributed by atoms with Gasteiger partial charge in [-0.2, -0.15) is 0 Å².